The summed E-state index contributed by atoms with van der Waals surface area (Å²) in [5.74, 6) is 1.33. The predicted octanol–water partition coefficient (Wildman–Crippen LogP) is 6.64. The van der Waals surface area contributed by atoms with Crippen LogP contribution in [0.25, 0.3) is 22.0 Å². The number of carbonyl (C=O) groups excluding carboxylic acids is 1. The molecule has 0 fully saturated rings. The quantitative estimate of drug-likeness (QED) is 0.0980. The molecule has 2 aromatic heterocycles. The lowest BCUT2D eigenvalue weighted by Crippen LogP contribution is -2.30. The van der Waals surface area contributed by atoms with Crippen LogP contribution in [0.3, 0.4) is 0 Å². The van der Waals surface area contributed by atoms with Crippen molar-refractivity contribution in [3.63, 3.8) is 0 Å². The van der Waals surface area contributed by atoms with Gasteiger partial charge in [-0.05, 0) is 62.8 Å². The summed E-state index contributed by atoms with van der Waals surface area (Å²) in [5, 5.41) is 5.01. The maximum Gasteiger partial charge on any atom is 0.213 e. The van der Waals surface area contributed by atoms with Crippen molar-refractivity contribution >= 4 is 39.9 Å². The first-order chi connectivity index (χ1) is 20.3. The van der Waals surface area contributed by atoms with Gasteiger partial charge < -0.3 is 24.7 Å². The van der Waals surface area contributed by atoms with Crippen LogP contribution < -0.4 is 14.8 Å². The first-order valence-corrected chi connectivity index (χ1v) is 14.5. The lowest BCUT2D eigenvalue weighted by atomic mass is 9.91. The van der Waals surface area contributed by atoms with E-state index in [-0.39, 0.29) is 6.04 Å². The highest BCUT2D eigenvalue weighted by Crippen LogP contribution is 2.40. The van der Waals surface area contributed by atoms with Crippen LogP contribution in [0.4, 0.5) is 0 Å². The Morgan fingerprint density at radius 1 is 1.12 bits per heavy atom. The molecule has 0 aliphatic carbocycles. The molecule has 4 rings (SSSR count). The molecule has 220 valence electrons. The van der Waals surface area contributed by atoms with E-state index >= 15 is 0 Å². The van der Waals surface area contributed by atoms with Crippen molar-refractivity contribution in [1.29, 1.82) is 0 Å². The van der Waals surface area contributed by atoms with Crippen molar-refractivity contribution in [3.8, 4) is 11.6 Å². The fraction of sp³-hybridized carbons (Fsp3) is 0.294. The minimum atomic E-state index is 0.0434. The number of carbonyl (C=O) groups is 1. The largest absolute Gasteiger partial charge is 0.497 e. The monoisotopic (exact) mass is 586 g/mol. The third kappa shape index (κ3) is 7.68. The highest BCUT2D eigenvalue weighted by molar-refractivity contribution is 6.38. The van der Waals surface area contributed by atoms with E-state index in [2.05, 4.69) is 28.3 Å². The lowest BCUT2D eigenvalue weighted by Gasteiger charge is -2.16. The summed E-state index contributed by atoms with van der Waals surface area (Å²) in [7, 11) is 5.56. The third-order valence-corrected chi connectivity index (χ3v) is 7.32. The van der Waals surface area contributed by atoms with Gasteiger partial charge in [0.25, 0.3) is 0 Å². The number of allylic oxidation sites excluding steroid dienone is 1. The molecular weight excluding hydrogens is 548 g/mol. The van der Waals surface area contributed by atoms with E-state index in [0.717, 1.165) is 62.9 Å². The van der Waals surface area contributed by atoms with Gasteiger partial charge in [-0.25, -0.2) is 4.98 Å². The first-order valence-electron chi connectivity index (χ1n) is 14.1. The van der Waals surface area contributed by atoms with Crippen LogP contribution in [0, 0.1) is 0 Å². The molecule has 0 bridgehead atoms. The van der Waals surface area contributed by atoms with Crippen LogP contribution in [0.5, 0.6) is 11.6 Å². The average Bonchev–Trinajstić information content (AvgIpc) is 3.33. The highest BCUT2D eigenvalue weighted by Gasteiger charge is 2.20. The van der Waals surface area contributed by atoms with Gasteiger partial charge in [-0.2, -0.15) is 0 Å². The molecule has 8 heteroatoms. The summed E-state index contributed by atoms with van der Waals surface area (Å²) < 4.78 is 11.4. The van der Waals surface area contributed by atoms with E-state index < -0.39 is 0 Å². The number of halogens is 1. The van der Waals surface area contributed by atoms with Crippen LogP contribution in [0.2, 0.25) is 5.02 Å². The fourth-order valence-corrected chi connectivity index (χ4v) is 5.32. The van der Waals surface area contributed by atoms with E-state index in [0.29, 0.717) is 30.6 Å². The zero-order valence-electron chi connectivity index (χ0n) is 24.9. The molecule has 0 aliphatic rings. The number of fused-ring (bicyclic) bond motifs is 1. The second-order valence-electron chi connectivity index (χ2n) is 10.4. The van der Waals surface area contributed by atoms with Gasteiger partial charge in [-0.3, -0.25) is 4.79 Å². The molecule has 2 N–H and O–H groups in total. The average molecular weight is 587 g/mol. The highest BCUT2D eigenvalue weighted by atomic mass is 35.5. The molecule has 2 heterocycles. The number of benzene rings is 2. The molecule has 0 radical (unpaired) electrons. The molecule has 0 spiro atoms. The fourth-order valence-electron chi connectivity index (χ4n) is 5.02. The van der Waals surface area contributed by atoms with Crippen LogP contribution >= 0.6 is 11.6 Å². The molecule has 1 unspecified atom stereocenters. The summed E-state index contributed by atoms with van der Waals surface area (Å²) in [5.41, 5.74) is 6.65. The molecule has 42 heavy (non-hydrogen) atoms. The smallest absolute Gasteiger partial charge is 0.213 e. The number of pyridine rings is 1. The number of hydrogen-bond donors (Lipinski definition) is 2. The molecule has 0 amide bonds. The molecule has 2 aromatic carbocycles. The second-order valence-corrected chi connectivity index (χ2v) is 10.8. The number of aromatic amines is 1. The number of nitrogens with zero attached hydrogens (tertiary/aromatic N) is 2. The maximum absolute atomic E-state index is 11.3. The number of H-pyrrole nitrogens is 1. The van der Waals surface area contributed by atoms with E-state index in [9.17, 15) is 4.79 Å². The van der Waals surface area contributed by atoms with Gasteiger partial charge in [0.2, 0.25) is 5.88 Å². The van der Waals surface area contributed by atoms with Gasteiger partial charge in [0, 0.05) is 59.0 Å². The molecule has 4 aromatic rings. The molecule has 0 saturated heterocycles. The van der Waals surface area contributed by atoms with Crippen LogP contribution in [-0.2, 0) is 4.79 Å². The topological polar surface area (TPSA) is 79.5 Å². The summed E-state index contributed by atoms with van der Waals surface area (Å²) in [4.78, 5) is 21.5. The number of aldehydes is 1. The summed E-state index contributed by atoms with van der Waals surface area (Å²) in [6, 6.07) is 20.1. The Hall–Kier alpha value is -3.91. The summed E-state index contributed by atoms with van der Waals surface area (Å²) in [6.45, 7) is 5.82. The molecule has 0 aliphatic heterocycles. The number of hydrogen-bond acceptors (Lipinski definition) is 6. The number of nitrogens with one attached hydrogen (secondary N) is 2. The Labute approximate surface area is 253 Å². The number of methoxy groups -OCH3 is 1. The maximum atomic E-state index is 11.3. The first kappa shape index (κ1) is 31.0. The molecule has 0 saturated carbocycles. The second kappa shape index (κ2) is 14.8. The van der Waals surface area contributed by atoms with Crippen LogP contribution in [-0.4, -0.2) is 68.1 Å². The van der Waals surface area contributed by atoms with Crippen molar-refractivity contribution in [1.82, 2.24) is 20.2 Å². The molecule has 7 nitrogen and oxygen atoms in total. The normalized spacial score (nSPS) is 13.3. The molecular formula is C34H39ClN4O3. The number of para-hydroxylation sites is 1. The lowest BCUT2D eigenvalue weighted by molar-refractivity contribution is -0.105. The van der Waals surface area contributed by atoms with Crippen LogP contribution in [0.1, 0.15) is 37.1 Å². The number of aromatic nitrogens is 2. The van der Waals surface area contributed by atoms with E-state index in [4.69, 9.17) is 21.1 Å². The Morgan fingerprint density at radius 3 is 2.60 bits per heavy atom. The standard InChI is InChI=1S/C34H39ClN4O3/c1-6-28(25-10-9-11-27(19-25)41-5)32(34-33(35)29-12-7-8-13-30(29)38-34)26-14-15-31(37-20-26)42-17-16-36-23(2)18-24(22-40)21-39(3)4/h7-15,18-20,22-23,36,38H,6,16-17,21H2,1-5H3/b24-18-,32-28+. The zero-order chi connectivity index (χ0) is 30.1. The summed E-state index contributed by atoms with van der Waals surface area (Å²) in [6.07, 6.45) is 5.45. The Balaban J connectivity index is 1.58. The van der Waals surface area contributed by atoms with E-state index in [1.54, 1.807) is 7.11 Å². The Morgan fingerprint density at radius 2 is 1.93 bits per heavy atom. The SMILES string of the molecule is CC/C(=C(/c1ccc(OCCNC(C)/C=C(\C=O)CN(C)C)nc1)c1[nH]c2ccccc2c1Cl)c1cccc(OC)c1. The van der Waals surface area contributed by atoms with Crippen molar-refractivity contribution in [2.75, 3.05) is 40.9 Å². The van der Waals surface area contributed by atoms with Gasteiger partial charge in [0.15, 0.2) is 0 Å². The van der Waals surface area contributed by atoms with Crippen molar-refractivity contribution in [2.24, 2.45) is 0 Å². The van der Waals surface area contributed by atoms with Gasteiger partial charge in [-0.15, -0.1) is 0 Å². The third-order valence-electron chi connectivity index (χ3n) is 6.92. The molecule has 1 atom stereocenters. The van der Waals surface area contributed by atoms with E-state index in [1.165, 1.54) is 0 Å². The number of ether oxygens (including phenoxy) is 2. The minimum Gasteiger partial charge on any atom is -0.497 e. The minimum absolute atomic E-state index is 0.0434. The van der Waals surface area contributed by atoms with Crippen LogP contribution in [0.15, 0.2) is 78.5 Å². The van der Waals surface area contributed by atoms with Crippen molar-refractivity contribution < 1.29 is 14.3 Å². The summed E-state index contributed by atoms with van der Waals surface area (Å²) >= 11 is 6.99. The van der Waals surface area contributed by atoms with Crippen molar-refractivity contribution in [2.45, 2.75) is 26.3 Å². The Bertz CT molecular complexity index is 1560. The Kier molecular flexibility index (Phi) is 11.0. The zero-order valence-corrected chi connectivity index (χ0v) is 25.7. The van der Waals surface area contributed by atoms with Gasteiger partial charge >= 0.3 is 0 Å². The number of rotatable bonds is 14. The van der Waals surface area contributed by atoms with Gasteiger partial charge in [-0.1, -0.05) is 54.9 Å². The predicted molar refractivity (Wildman–Crippen MR) is 172 cm³/mol. The van der Waals surface area contributed by atoms with Crippen molar-refractivity contribution in [3.05, 3.63) is 100 Å². The van der Waals surface area contributed by atoms with E-state index in [1.807, 2.05) is 92.8 Å². The number of likely N-dealkylation sites (N-methyl/N-ethyl adjacent to an activating group) is 1. The van der Waals surface area contributed by atoms with Gasteiger partial charge in [0.1, 0.15) is 18.6 Å². The van der Waals surface area contributed by atoms with Gasteiger partial charge in [0.05, 0.1) is 17.8 Å².